The van der Waals surface area contributed by atoms with Gasteiger partial charge in [-0.3, -0.25) is 4.72 Å². The zero-order valence-corrected chi connectivity index (χ0v) is 16.0. The van der Waals surface area contributed by atoms with Crippen molar-refractivity contribution in [2.45, 2.75) is 24.3 Å². The minimum atomic E-state index is -3.82. The smallest absolute Gasteiger partial charge is 0.336 e. The SMILES string of the molecule is O=c1ccc2cc(S(=O)(=O)Nc3cccc(-c4nnc5n4CCC5)c3)ccc2o1. The summed E-state index contributed by atoms with van der Waals surface area (Å²) in [6, 6.07) is 14.2. The average Bonchev–Trinajstić information content (AvgIpc) is 3.31. The maximum Gasteiger partial charge on any atom is 0.336 e. The molecule has 0 saturated heterocycles. The Morgan fingerprint density at radius 2 is 1.93 bits per heavy atom. The second-order valence-electron chi connectivity index (χ2n) is 6.84. The molecule has 9 heteroatoms. The predicted octanol–water partition coefficient (Wildman–Crippen LogP) is 2.80. The van der Waals surface area contributed by atoms with Crippen LogP contribution >= 0.6 is 0 Å². The van der Waals surface area contributed by atoms with E-state index in [0.717, 1.165) is 36.6 Å². The molecule has 0 radical (unpaired) electrons. The number of hydrogen-bond donors (Lipinski definition) is 1. The Morgan fingerprint density at radius 1 is 1.03 bits per heavy atom. The number of benzene rings is 2. The summed E-state index contributed by atoms with van der Waals surface area (Å²) < 4.78 is 35.4. The van der Waals surface area contributed by atoms with Gasteiger partial charge in [0.25, 0.3) is 10.0 Å². The third-order valence-electron chi connectivity index (χ3n) is 4.88. The Balaban J connectivity index is 1.48. The first-order chi connectivity index (χ1) is 14.0. The summed E-state index contributed by atoms with van der Waals surface area (Å²) in [6.45, 7) is 0.862. The van der Waals surface area contributed by atoms with Gasteiger partial charge in [-0.2, -0.15) is 0 Å². The highest BCUT2D eigenvalue weighted by atomic mass is 32.2. The molecular weight excluding hydrogens is 392 g/mol. The fraction of sp³-hybridized carbons (Fsp3) is 0.150. The van der Waals surface area contributed by atoms with E-state index in [0.29, 0.717) is 16.7 Å². The summed E-state index contributed by atoms with van der Waals surface area (Å²) in [6.07, 6.45) is 1.94. The van der Waals surface area contributed by atoms with Crippen LogP contribution in [0.4, 0.5) is 5.69 Å². The van der Waals surface area contributed by atoms with Crippen molar-refractivity contribution in [3.05, 3.63) is 70.8 Å². The van der Waals surface area contributed by atoms with Gasteiger partial charge in [0.05, 0.1) is 4.90 Å². The van der Waals surface area contributed by atoms with Crippen LogP contribution in [0.2, 0.25) is 0 Å². The molecule has 5 rings (SSSR count). The summed E-state index contributed by atoms with van der Waals surface area (Å²) in [5, 5.41) is 8.98. The summed E-state index contributed by atoms with van der Waals surface area (Å²) >= 11 is 0. The van der Waals surface area contributed by atoms with Gasteiger partial charge >= 0.3 is 5.63 Å². The molecule has 4 aromatic rings. The third-order valence-corrected chi connectivity index (χ3v) is 6.26. The lowest BCUT2D eigenvalue weighted by Crippen LogP contribution is -2.13. The van der Waals surface area contributed by atoms with Crippen molar-refractivity contribution < 1.29 is 12.8 Å². The van der Waals surface area contributed by atoms with E-state index in [-0.39, 0.29) is 4.90 Å². The van der Waals surface area contributed by atoms with Crippen molar-refractivity contribution in [3.8, 4) is 11.4 Å². The Morgan fingerprint density at radius 3 is 2.83 bits per heavy atom. The predicted molar refractivity (Wildman–Crippen MR) is 107 cm³/mol. The molecule has 0 bridgehead atoms. The number of nitrogens with zero attached hydrogens (tertiary/aromatic N) is 3. The maximum absolute atomic E-state index is 12.9. The number of anilines is 1. The minimum absolute atomic E-state index is 0.0765. The zero-order chi connectivity index (χ0) is 20.0. The molecule has 1 N–H and O–H groups in total. The highest BCUT2D eigenvalue weighted by Gasteiger charge is 2.20. The average molecular weight is 408 g/mol. The first-order valence-corrected chi connectivity index (χ1v) is 10.6. The molecule has 0 saturated carbocycles. The molecule has 1 aliphatic heterocycles. The number of sulfonamides is 1. The van der Waals surface area contributed by atoms with Gasteiger partial charge in [0, 0.05) is 35.7 Å². The van der Waals surface area contributed by atoms with Crippen molar-refractivity contribution in [1.82, 2.24) is 14.8 Å². The van der Waals surface area contributed by atoms with Crippen LogP contribution in [0.5, 0.6) is 0 Å². The Labute approximate surface area is 165 Å². The number of rotatable bonds is 4. The van der Waals surface area contributed by atoms with Gasteiger partial charge in [-0.1, -0.05) is 12.1 Å². The lowest BCUT2D eigenvalue weighted by molar-refractivity contribution is 0.560. The Bertz CT molecular complexity index is 1410. The monoisotopic (exact) mass is 408 g/mol. The van der Waals surface area contributed by atoms with Gasteiger partial charge in [0.1, 0.15) is 11.4 Å². The van der Waals surface area contributed by atoms with Crippen LogP contribution in [0, 0.1) is 0 Å². The van der Waals surface area contributed by atoms with Crippen LogP contribution in [-0.2, 0) is 23.0 Å². The van der Waals surface area contributed by atoms with Gasteiger partial charge < -0.3 is 8.98 Å². The number of aryl methyl sites for hydroxylation is 1. The van der Waals surface area contributed by atoms with Crippen LogP contribution < -0.4 is 10.3 Å². The molecule has 0 spiro atoms. The van der Waals surface area contributed by atoms with E-state index in [1.165, 1.54) is 30.3 Å². The van der Waals surface area contributed by atoms with Crippen molar-refractivity contribution in [2.24, 2.45) is 0 Å². The highest BCUT2D eigenvalue weighted by Crippen LogP contribution is 2.27. The van der Waals surface area contributed by atoms with Crippen molar-refractivity contribution in [2.75, 3.05) is 4.72 Å². The first-order valence-electron chi connectivity index (χ1n) is 9.09. The van der Waals surface area contributed by atoms with Gasteiger partial charge in [0.2, 0.25) is 0 Å². The van der Waals surface area contributed by atoms with Crippen LogP contribution in [0.1, 0.15) is 12.2 Å². The van der Waals surface area contributed by atoms with E-state index >= 15 is 0 Å². The maximum atomic E-state index is 12.9. The number of hydrogen-bond acceptors (Lipinski definition) is 6. The summed E-state index contributed by atoms with van der Waals surface area (Å²) in [7, 11) is -3.82. The fourth-order valence-electron chi connectivity index (χ4n) is 3.52. The third kappa shape index (κ3) is 3.19. The van der Waals surface area contributed by atoms with Gasteiger partial charge in [-0.15, -0.1) is 10.2 Å². The Kier molecular flexibility index (Phi) is 3.99. The van der Waals surface area contributed by atoms with Crippen LogP contribution in [-0.4, -0.2) is 23.2 Å². The van der Waals surface area contributed by atoms with E-state index < -0.39 is 15.6 Å². The second kappa shape index (κ2) is 6.56. The molecule has 2 aromatic carbocycles. The van der Waals surface area contributed by atoms with Crippen LogP contribution in [0.3, 0.4) is 0 Å². The number of aromatic nitrogens is 3. The molecule has 29 heavy (non-hydrogen) atoms. The molecule has 0 aliphatic carbocycles. The molecule has 3 heterocycles. The molecule has 8 nitrogen and oxygen atoms in total. The van der Waals surface area contributed by atoms with Crippen LogP contribution in [0.25, 0.3) is 22.4 Å². The standard InChI is InChI=1S/C20H16N4O4S/c25-19-9-6-13-12-16(7-8-17(13)28-19)29(26,27)23-15-4-1-3-14(11-15)20-22-21-18-5-2-10-24(18)20/h1,3-4,6-9,11-12,23H,2,5,10H2. The minimum Gasteiger partial charge on any atom is -0.423 e. The first kappa shape index (κ1) is 17.6. The molecule has 0 unspecified atom stereocenters. The lowest BCUT2D eigenvalue weighted by Gasteiger charge is -2.10. The largest absolute Gasteiger partial charge is 0.423 e. The van der Waals surface area contributed by atoms with Crippen LogP contribution in [0.15, 0.2) is 68.7 Å². The van der Waals surface area contributed by atoms with Crippen molar-refractivity contribution >= 4 is 26.7 Å². The highest BCUT2D eigenvalue weighted by molar-refractivity contribution is 7.92. The van der Waals surface area contributed by atoms with Gasteiger partial charge in [-0.05, 0) is 42.8 Å². The molecule has 2 aromatic heterocycles. The van der Waals surface area contributed by atoms with E-state index in [2.05, 4.69) is 19.5 Å². The van der Waals surface area contributed by atoms with Gasteiger partial charge in [-0.25, -0.2) is 13.2 Å². The topological polar surface area (TPSA) is 107 Å². The van der Waals surface area contributed by atoms with Gasteiger partial charge in [0.15, 0.2) is 5.82 Å². The molecule has 0 atom stereocenters. The molecule has 146 valence electrons. The van der Waals surface area contributed by atoms with E-state index in [4.69, 9.17) is 4.42 Å². The fourth-order valence-corrected chi connectivity index (χ4v) is 4.60. The zero-order valence-electron chi connectivity index (χ0n) is 15.2. The normalized spacial score (nSPS) is 13.5. The van der Waals surface area contributed by atoms with E-state index in [1.54, 1.807) is 18.2 Å². The Hall–Kier alpha value is -3.46. The molecule has 1 aliphatic rings. The summed E-state index contributed by atoms with van der Waals surface area (Å²) in [5.41, 5.74) is 1.07. The van der Waals surface area contributed by atoms with E-state index in [9.17, 15) is 13.2 Å². The summed E-state index contributed by atoms with van der Waals surface area (Å²) in [4.78, 5) is 11.4. The summed E-state index contributed by atoms with van der Waals surface area (Å²) in [5.74, 6) is 1.69. The second-order valence-corrected chi connectivity index (χ2v) is 8.52. The molecule has 0 fully saturated rings. The van der Waals surface area contributed by atoms with Crippen molar-refractivity contribution in [3.63, 3.8) is 0 Å². The molecule has 0 amide bonds. The molecular formula is C20H16N4O4S. The van der Waals surface area contributed by atoms with E-state index in [1.807, 2.05) is 6.07 Å². The number of fused-ring (bicyclic) bond motifs is 2. The van der Waals surface area contributed by atoms with Crippen molar-refractivity contribution in [1.29, 1.82) is 0 Å². The number of nitrogens with one attached hydrogen (secondary N) is 1. The quantitative estimate of drug-likeness (QED) is 0.521. The lowest BCUT2D eigenvalue weighted by atomic mass is 10.2.